The number of carboxylic acids is 2. The molecule has 0 aliphatic carbocycles. The number of carbonyl (C=O) groups excluding carboxylic acids is 2. The van der Waals surface area contributed by atoms with Gasteiger partial charge in [0.25, 0.3) is 31.9 Å². The summed E-state index contributed by atoms with van der Waals surface area (Å²) in [4.78, 5) is 52.0. The number of piperazine rings is 2. The molecule has 2 N–H and O–H groups in total. The largest absolute Gasteiger partial charge is 0.478 e. The Balaban J connectivity index is 1.43. The third-order valence-corrected chi connectivity index (χ3v) is 14.8. The Hall–Kier alpha value is -5.12. The highest BCUT2D eigenvalue weighted by molar-refractivity contribution is 7.90. The van der Waals surface area contributed by atoms with Gasteiger partial charge in [-0.15, -0.1) is 0 Å². The van der Waals surface area contributed by atoms with Gasteiger partial charge in [0.1, 0.15) is 0 Å². The number of halogens is 18. The van der Waals surface area contributed by atoms with Crippen molar-refractivity contribution in [3.05, 3.63) is 69.8 Å². The second kappa shape index (κ2) is 19.1. The van der Waals surface area contributed by atoms with Gasteiger partial charge in [0.15, 0.2) is 0 Å². The smallest absolute Gasteiger partial charge is 0.460 e. The van der Waals surface area contributed by atoms with Crippen LogP contribution in [-0.4, -0.2) is 168 Å². The average Bonchev–Trinajstić information content (AvgIpc) is 3.25. The molecule has 2 aromatic rings. The molecule has 0 unspecified atom stereocenters. The second-order valence-electron chi connectivity index (χ2n) is 15.3. The molecule has 0 bridgehead atoms. The average molecular weight is 1090 g/mol. The van der Waals surface area contributed by atoms with Crippen molar-refractivity contribution in [3.63, 3.8) is 0 Å². The van der Waals surface area contributed by atoms with E-state index in [1.54, 1.807) is 0 Å². The Morgan fingerprint density at radius 2 is 0.714 bits per heavy atom. The molecule has 0 radical (unpaired) electrons. The normalized spacial score (nSPS) is 17.2. The molecule has 0 atom stereocenters. The highest BCUT2D eigenvalue weighted by atomic mass is 32.2. The molecule has 2 heterocycles. The number of nitrogens with zero attached hydrogens (tertiary/aromatic N) is 4. The van der Waals surface area contributed by atoms with Crippen LogP contribution >= 0.6 is 0 Å². The molecule has 70 heavy (non-hydrogen) atoms. The maximum absolute atomic E-state index is 14.4. The van der Waals surface area contributed by atoms with Gasteiger partial charge in [-0.2, -0.15) is 87.6 Å². The number of benzene rings is 2. The molecule has 2 aromatic carbocycles. The second-order valence-corrected chi connectivity index (χ2v) is 19.2. The lowest BCUT2D eigenvalue weighted by atomic mass is 9.95. The molecule has 0 aromatic heterocycles. The van der Waals surface area contributed by atoms with Crippen LogP contribution in [0.5, 0.6) is 0 Å². The fraction of sp³-hybridized carbons (Fsp3) is 0.556. The van der Waals surface area contributed by atoms with Gasteiger partial charge >= 0.3 is 58.5 Å². The number of alkyl halides is 18. The minimum Gasteiger partial charge on any atom is -0.478 e. The number of sulfonamides is 2. The summed E-state index contributed by atoms with van der Waals surface area (Å²) in [5, 5.41) is 5.42. The minimum atomic E-state index is -7.51. The molecule has 14 nitrogen and oxygen atoms in total. The number of rotatable bonds is 17. The Labute approximate surface area is 381 Å². The molecular formula is C36H32F18N4O10S2. The van der Waals surface area contributed by atoms with E-state index in [-0.39, 0.29) is 47.9 Å². The number of aromatic carboxylic acids is 2. The van der Waals surface area contributed by atoms with Crippen molar-refractivity contribution in [3.8, 4) is 0 Å². The van der Waals surface area contributed by atoms with Crippen LogP contribution in [0.3, 0.4) is 0 Å². The molecule has 2 aliphatic rings. The lowest BCUT2D eigenvalue weighted by molar-refractivity contribution is -0.382. The molecule has 2 aliphatic heterocycles. The number of hydrogen-bond acceptors (Lipinski definition) is 8. The van der Waals surface area contributed by atoms with Gasteiger partial charge in [-0.05, 0) is 73.2 Å². The zero-order chi connectivity index (χ0) is 53.8. The van der Waals surface area contributed by atoms with Gasteiger partial charge in [-0.3, -0.25) is 9.59 Å². The van der Waals surface area contributed by atoms with Crippen LogP contribution in [-0.2, 0) is 32.9 Å². The van der Waals surface area contributed by atoms with Crippen LogP contribution in [0.1, 0.15) is 65.4 Å². The monoisotopic (exact) mass is 1090 g/mol. The fourth-order valence-corrected chi connectivity index (χ4v) is 9.75. The van der Waals surface area contributed by atoms with Crippen LogP contribution in [0.4, 0.5) is 79.0 Å². The summed E-state index contributed by atoms with van der Waals surface area (Å²) in [6.45, 7) is -8.92. The van der Waals surface area contributed by atoms with E-state index < -0.39 is 162 Å². The Bertz CT molecular complexity index is 2400. The summed E-state index contributed by atoms with van der Waals surface area (Å²) in [5.74, 6) is -35.2. The van der Waals surface area contributed by atoms with Crippen molar-refractivity contribution in [2.75, 3.05) is 52.4 Å². The molecule has 0 spiro atoms. The topological polar surface area (TPSA) is 190 Å². The van der Waals surface area contributed by atoms with E-state index in [1.807, 2.05) is 0 Å². The highest BCUT2D eigenvalue weighted by Gasteiger charge is 2.87. The number of hydrogen-bond donors (Lipinski definition) is 2. The van der Waals surface area contributed by atoms with E-state index in [0.717, 1.165) is 46.2 Å². The summed E-state index contributed by atoms with van der Waals surface area (Å²) >= 11 is 0. The van der Waals surface area contributed by atoms with Crippen molar-refractivity contribution < 1.29 is 125 Å². The predicted molar refractivity (Wildman–Crippen MR) is 198 cm³/mol. The number of carboxylic acid groups (broad SMARTS) is 2. The predicted octanol–water partition coefficient (Wildman–Crippen LogP) is 6.68. The first-order valence-corrected chi connectivity index (χ1v) is 22.1. The fourth-order valence-electron chi connectivity index (χ4n) is 6.91. The number of aryl methyl sites for hydroxylation is 2. The van der Waals surface area contributed by atoms with E-state index >= 15 is 0 Å². The Morgan fingerprint density at radius 3 is 0.957 bits per heavy atom. The van der Waals surface area contributed by atoms with Crippen LogP contribution in [0.2, 0.25) is 0 Å². The molecule has 34 heteroatoms. The maximum atomic E-state index is 14.4. The van der Waals surface area contributed by atoms with Gasteiger partial charge in [-0.1, -0.05) is 0 Å². The summed E-state index contributed by atoms with van der Waals surface area (Å²) in [6.07, 6.45) is -15.1. The summed E-state index contributed by atoms with van der Waals surface area (Å²) in [6, 6.07) is 5.77. The first kappa shape index (κ1) is 57.5. The van der Waals surface area contributed by atoms with E-state index in [4.69, 9.17) is 0 Å². The molecular weight excluding hydrogens is 1050 g/mol. The molecule has 4 rings (SSSR count). The van der Waals surface area contributed by atoms with Crippen molar-refractivity contribution in [1.29, 1.82) is 0 Å². The SMILES string of the molecule is O=C(O)c1ccc(C(=O)N2CCN(S(=O)(=O)C(F)(F)C(F)(F)C(F)(F)C(F)(F)F)CC2)cc1CCCCc1cc(C(=O)N2CCN(S(=O)(=O)C(F)(F)C(F)(F)C(F)(F)C(F)(F)F)CC2)ccc1C(=O)O. The molecule has 0 saturated carbocycles. The zero-order valence-electron chi connectivity index (χ0n) is 34.5. The summed E-state index contributed by atoms with van der Waals surface area (Å²) in [7, 11) is -13.9. The van der Waals surface area contributed by atoms with E-state index in [2.05, 4.69) is 0 Å². The van der Waals surface area contributed by atoms with Crippen LogP contribution in [0.25, 0.3) is 0 Å². The van der Waals surface area contributed by atoms with Gasteiger partial charge in [0, 0.05) is 63.5 Å². The van der Waals surface area contributed by atoms with E-state index in [1.165, 1.54) is 0 Å². The third-order valence-electron chi connectivity index (χ3n) is 10.9. The maximum Gasteiger partial charge on any atom is 0.460 e. The molecule has 2 fully saturated rings. The quantitative estimate of drug-likeness (QED) is 0.128. The molecule has 394 valence electrons. The molecule has 2 amide bonds. The van der Waals surface area contributed by atoms with Gasteiger partial charge < -0.3 is 20.0 Å². The van der Waals surface area contributed by atoms with Gasteiger partial charge in [-0.25, -0.2) is 26.4 Å². The third kappa shape index (κ3) is 9.91. The summed E-state index contributed by atoms with van der Waals surface area (Å²) in [5.41, 5.74) is -1.66. The van der Waals surface area contributed by atoms with Crippen molar-refractivity contribution in [1.82, 2.24) is 18.4 Å². The van der Waals surface area contributed by atoms with Crippen molar-refractivity contribution in [2.24, 2.45) is 0 Å². The van der Waals surface area contributed by atoms with E-state index in [9.17, 15) is 125 Å². The number of carbonyl (C=O) groups is 4. The lowest BCUT2D eigenvalue weighted by Gasteiger charge is -2.38. The number of amides is 2. The minimum absolute atomic E-state index is 0.0348. The van der Waals surface area contributed by atoms with Crippen molar-refractivity contribution in [2.45, 2.75) is 72.2 Å². The summed E-state index contributed by atoms with van der Waals surface area (Å²) < 4.78 is 290. The van der Waals surface area contributed by atoms with Gasteiger partial charge in [0.2, 0.25) is 0 Å². The standard InChI is InChI=1S/C36H32F18N4O10S2/c37-29(38,33(45,46)47)31(41,42)35(51,52)69(65,66)57-13-9-55(10-14-57)25(59)21-5-7-23(27(61)62)19(17-21)3-1-2-4-20-18-22(6-8-24(20)28(63)64)26(60)56-11-15-58(16-12-56)70(67,68)36(53,54)32(43,44)30(39,40)34(48,49)50/h5-8,17-18H,1-4,9-16H2,(H,61,62)(H,63,64). The zero-order valence-corrected chi connectivity index (χ0v) is 36.2. The van der Waals surface area contributed by atoms with Gasteiger partial charge in [0.05, 0.1) is 11.1 Å². The van der Waals surface area contributed by atoms with E-state index in [0.29, 0.717) is 0 Å². The Morgan fingerprint density at radius 1 is 0.443 bits per heavy atom. The Kier molecular flexibility index (Phi) is 15.7. The highest BCUT2D eigenvalue weighted by Crippen LogP contribution is 2.56. The number of unbranched alkanes of at least 4 members (excludes halogenated alkanes) is 1. The van der Waals surface area contributed by atoms with Crippen LogP contribution in [0, 0.1) is 0 Å². The van der Waals surface area contributed by atoms with Crippen LogP contribution < -0.4 is 0 Å². The lowest BCUT2D eigenvalue weighted by Crippen LogP contribution is -2.66. The van der Waals surface area contributed by atoms with Crippen LogP contribution in [0.15, 0.2) is 36.4 Å². The molecule has 2 saturated heterocycles. The van der Waals surface area contributed by atoms with Crippen molar-refractivity contribution >= 4 is 43.8 Å². The first-order valence-electron chi connectivity index (χ1n) is 19.3. The first-order chi connectivity index (χ1) is 31.6.